The van der Waals surface area contributed by atoms with Crippen LogP contribution >= 0.6 is 0 Å². The maximum atomic E-state index is 14.9. The minimum atomic E-state index is -1.89. The molecule has 42 heavy (non-hydrogen) atoms. The van der Waals surface area contributed by atoms with E-state index in [1.54, 1.807) is 20.8 Å². The Balaban J connectivity index is 1.36. The van der Waals surface area contributed by atoms with Gasteiger partial charge in [0.15, 0.2) is 23.3 Å². The molecule has 1 unspecified atom stereocenters. The van der Waals surface area contributed by atoms with Gasteiger partial charge >= 0.3 is 5.97 Å². The van der Waals surface area contributed by atoms with Crippen molar-refractivity contribution in [2.45, 2.75) is 78.5 Å². The van der Waals surface area contributed by atoms with Crippen LogP contribution in [0.4, 0.5) is 0 Å². The molecule has 2 bridgehead atoms. The van der Waals surface area contributed by atoms with E-state index < -0.39 is 40.9 Å². The van der Waals surface area contributed by atoms with Gasteiger partial charge in [-0.25, -0.2) is 4.79 Å². The maximum absolute atomic E-state index is 14.9. The van der Waals surface area contributed by atoms with E-state index in [4.69, 9.17) is 18.7 Å². The second kappa shape index (κ2) is 8.74. The third kappa shape index (κ3) is 3.49. The average molecular weight is 574 g/mol. The first kappa shape index (κ1) is 27.7. The van der Waals surface area contributed by atoms with Gasteiger partial charge in [0.25, 0.3) is 0 Å². The number of hydrogen-bond acceptors (Lipinski definition) is 8. The van der Waals surface area contributed by atoms with E-state index in [9.17, 15) is 14.7 Å². The molecule has 5 aliphatic rings. The minimum absolute atomic E-state index is 0.0176. The van der Waals surface area contributed by atoms with E-state index in [0.717, 1.165) is 12.0 Å². The molecule has 3 fully saturated rings. The number of aliphatic hydroxyl groups is 1. The van der Waals surface area contributed by atoms with Crippen molar-refractivity contribution in [2.24, 2.45) is 34.5 Å². The highest BCUT2D eigenvalue weighted by Gasteiger charge is 2.77. The summed E-state index contributed by atoms with van der Waals surface area (Å²) in [7, 11) is 0. The lowest BCUT2D eigenvalue weighted by Crippen LogP contribution is -2.68. The topological polar surface area (TPSA) is 108 Å². The first-order chi connectivity index (χ1) is 19.7. The van der Waals surface area contributed by atoms with Gasteiger partial charge in [-0.1, -0.05) is 68.4 Å². The maximum Gasteiger partial charge on any atom is 0.344 e. The molecule has 7 rings (SSSR count). The van der Waals surface area contributed by atoms with Crippen molar-refractivity contribution in [2.75, 3.05) is 6.61 Å². The van der Waals surface area contributed by atoms with E-state index in [-0.39, 0.29) is 35.2 Å². The normalized spacial score (nSPS) is 39.1. The highest BCUT2D eigenvalue weighted by atomic mass is 16.7. The lowest BCUT2D eigenvalue weighted by atomic mass is 9.59. The van der Waals surface area contributed by atoms with Crippen molar-refractivity contribution in [3.8, 4) is 11.3 Å². The van der Waals surface area contributed by atoms with Crippen molar-refractivity contribution < 1.29 is 33.4 Å². The molecule has 2 aromatic rings. The quantitative estimate of drug-likeness (QED) is 0.382. The Labute approximate surface area is 246 Å². The summed E-state index contributed by atoms with van der Waals surface area (Å²) in [5.41, 5.74) is -0.553. The predicted molar refractivity (Wildman–Crippen MR) is 153 cm³/mol. The van der Waals surface area contributed by atoms with E-state index in [2.05, 4.69) is 25.9 Å². The molecule has 1 spiro atoms. The second-order valence-corrected chi connectivity index (χ2v) is 14.1. The van der Waals surface area contributed by atoms with Gasteiger partial charge in [0.05, 0.1) is 12.0 Å². The van der Waals surface area contributed by atoms with Crippen LogP contribution in [-0.4, -0.2) is 52.2 Å². The van der Waals surface area contributed by atoms with E-state index in [1.807, 2.05) is 49.4 Å². The molecule has 2 saturated carbocycles. The SMILES string of the molecule is CC1=C[C@]23C(=O)[C@@H](C=C4COC(C)(C)O[C@H]4[C@]2(O)C1OC(=O)c1c(-c2ccccc2)noc1C)[C@H]1[C@@H](C[C@H]3C)C1(C)C. The zero-order valence-electron chi connectivity index (χ0n) is 25.3. The van der Waals surface area contributed by atoms with Crippen molar-refractivity contribution in [3.05, 3.63) is 65.0 Å². The van der Waals surface area contributed by atoms with Crippen LogP contribution in [0.1, 0.15) is 64.1 Å². The van der Waals surface area contributed by atoms with Crippen LogP contribution in [-0.2, 0) is 19.0 Å². The number of esters is 1. The number of aromatic nitrogens is 1. The molecule has 8 heteroatoms. The zero-order valence-corrected chi connectivity index (χ0v) is 25.3. The van der Waals surface area contributed by atoms with Crippen LogP contribution < -0.4 is 0 Å². The molecule has 8 atom stereocenters. The molecule has 1 aromatic heterocycles. The standard InChI is InChI=1S/C34H39NO7/c1-17-15-33-18(2)13-23-25(31(23,4)5)22(27(33)36)14-21-16-39-32(6,7)41-29(21)34(33,38)28(17)40-30(37)24-19(3)42-35-26(24)20-11-9-8-10-12-20/h8-12,14-15,18,22-23,25,28-29,38H,13,16H2,1-7H3/t18-,22+,23-,25+,28?,29-,33+,34-/m1/s1. The third-order valence-electron chi connectivity index (χ3n) is 11.0. The Morgan fingerprint density at radius 1 is 1.12 bits per heavy atom. The molecule has 0 radical (unpaired) electrons. The highest BCUT2D eigenvalue weighted by molar-refractivity contribution is 5.98. The molecule has 8 nitrogen and oxygen atoms in total. The molecule has 1 aromatic carbocycles. The molecule has 2 heterocycles. The van der Waals surface area contributed by atoms with Crippen LogP contribution in [0.15, 0.2) is 58.2 Å². The first-order valence-electron chi connectivity index (χ1n) is 14.9. The minimum Gasteiger partial charge on any atom is -0.451 e. The molecular weight excluding hydrogens is 534 g/mol. The number of allylic oxidation sites excluding steroid dienone is 1. The van der Waals surface area contributed by atoms with Gasteiger partial charge in [0.1, 0.15) is 23.1 Å². The number of rotatable bonds is 3. The van der Waals surface area contributed by atoms with Gasteiger partial charge in [0, 0.05) is 11.5 Å². The Morgan fingerprint density at radius 3 is 2.55 bits per heavy atom. The predicted octanol–water partition coefficient (Wildman–Crippen LogP) is 5.44. The van der Waals surface area contributed by atoms with Gasteiger partial charge in [-0.05, 0) is 68.4 Å². The Bertz CT molecular complexity index is 1550. The van der Waals surface area contributed by atoms with Crippen molar-refractivity contribution in [1.29, 1.82) is 0 Å². The van der Waals surface area contributed by atoms with Gasteiger partial charge in [0.2, 0.25) is 0 Å². The smallest absolute Gasteiger partial charge is 0.344 e. The summed E-state index contributed by atoms with van der Waals surface area (Å²) in [6, 6.07) is 9.28. The number of benzene rings is 1. The molecule has 222 valence electrons. The van der Waals surface area contributed by atoms with E-state index in [0.29, 0.717) is 28.5 Å². The molecule has 1 saturated heterocycles. The highest BCUT2D eigenvalue weighted by Crippen LogP contribution is 2.72. The van der Waals surface area contributed by atoms with Gasteiger partial charge in [-0.2, -0.15) is 0 Å². The zero-order chi connectivity index (χ0) is 30.0. The van der Waals surface area contributed by atoms with Crippen molar-refractivity contribution in [1.82, 2.24) is 5.16 Å². The number of hydrogen-bond donors (Lipinski definition) is 1. The fourth-order valence-electron chi connectivity index (χ4n) is 8.87. The summed E-state index contributed by atoms with van der Waals surface area (Å²) in [6.45, 7) is 13.8. The molecular formula is C34H39NO7. The van der Waals surface area contributed by atoms with Gasteiger partial charge < -0.3 is 23.8 Å². The summed E-state index contributed by atoms with van der Waals surface area (Å²) in [4.78, 5) is 28.9. The number of aryl methyl sites for hydroxylation is 1. The summed E-state index contributed by atoms with van der Waals surface area (Å²) in [6.07, 6.45) is 2.62. The molecule has 1 aliphatic heterocycles. The monoisotopic (exact) mass is 573 g/mol. The number of fused-ring (bicyclic) bond motifs is 5. The average Bonchev–Trinajstić information content (AvgIpc) is 3.20. The van der Waals surface area contributed by atoms with Gasteiger partial charge in [-0.3, -0.25) is 4.79 Å². The van der Waals surface area contributed by atoms with Crippen LogP contribution in [0.25, 0.3) is 11.3 Å². The molecule has 0 amide bonds. The number of ketones is 1. The van der Waals surface area contributed by atoms with Crippen LogP contribution in [0, 0.1) is 41.4 Å². The fraction of sp³-hybridized carbons (Fsp3) is 0.559. The Kier molecular flexibility index (Phi) is 5.77. The van der Waals surface area contributed by atoms with Crippen molar-refractivity contribution in [3.63, 3.8) is 0 Å². The largest absolute Gasteiger partial charge is 0.451 e. The lowest BCUT2D eigenvalue weighted by Gasteiger charge is -2.52. The van der Waals surface area contributed by atoms with Gasteiger partial charge in [-0.15, -0.1) is 0 Å². The van der Waals surface area contributed by atoms with Crippen LogP contribution in [0.2, 0.25) is 0 Å². The Morgan fingerprint density at radius 2 is 1.83 bits per heavy atom. The molecule has 4 aliphatic carbocycles. The van der Waals surface area contributed by atoms with E-state index in [1.165, 1.54) is 0 Å². The lowest BCUT2D eigenvalue weighted by molar-refractivity contribution is -0.302. The molecule has 1 N–H and O–H groups in total. The summed E-state index contributed by atoms with van der Waals surface area (Å²) in [5, 5.41) is 17.4. The summed E-state index contributed by atoms with van der Waals surface area (Å²) < 4.78 is 24.3. The van der Waals surface area contributed by atoms with E-state index >= 15 is 0 Å². The fourth-order valence-corrected chi connectivity index (χ4v) is 8.87. The summed E-state index contributed by atoms with van der Waals surface area (Å²) >= 11 is 0. The first-order valence-corrected chi connectivity index (χ1v) is 14.9. The second-order valence-electron chi connectivity index (χ2n) is 14.1. The third-order valence-corrected chi connectivity index (χ3v) is 11.0. The number of nitrogens with zero attached hydrogens (tertiary/aromatic N) is 1. The van der Waals surface area contributed by atoms with Crippen LogP contribution in [0.3, 0.4) is 0 Å². The summed E-state index contributed by atoms with van der Waals surface area (Å²) in [5.74, 6) is -1.49. The van der Waals surface area contributed by atoms with Crippen LogP contribution in [0.5, 0.6) is 0 Å². The Hall–Kier alpha value is -3.07. The number of carbonyl (C=O) groups is 2. The number of Topliss-reactive ketones (excluding diaryl/α,β-unsaturated/α-hetero) is 1. The number of ether oxygens (including phenoxy) is 3. The van der Waals surface area contributed by atoms with Crippen molar-refractivity contribution >= 4 is 11.8 Å². The number of carbonyl (C=O) groups excluding carboxylic acids is 2.